The zero-order valence-electron chi connectivity index (χ0n) is 12.7. The second-order valence-corrected chi connectivity index (χ2v) is 5.61. The number of alkyl halides is 2. The monoisotopic (exact) mass is 343 g/mol. The van der Waals surface area contributed by atoms with E-state index in [0.717, 1.165) is 11.1 Å². The van der Waals surface area contributed by atoms with Gasteiger partial charge < -0.3 is 10.1 Å². The molecule has 0 atom stereocenters. The highest BCUT2D eigenvalue weighted by Gasteiger charge is 2.15. The highest BCUT2D eigenvalue weighted by atomic mass is 32.1. The van der Waals surface area contributed by atoms with Gasteiger partial charge in [0, 0.05) is 17.3 Å². The maximum absolute atomic E-state index is 12.4. The van der Waals surface area contributed by atoms with Gasteiger partial charge in [-0.1, -0.05) is 11.3 Å². The first-order valence-corrected chi connectivity index (χ1v) is 7.39. The molecule has 2 aromatic rings. The van der Waals surface area contributed by atoms with Crippen LogP contribution >= 0.6 is 11.3 Å². The SMILES string of the molecule is COc1c(C)cnc(CNC(=O)Nc2nnc(C(F)F)s2)c1C. The summed E-state index contributed by atoms with van der Waals surface area (Å²) in [5.74, 6) is 0.711. The van der Waals surface area contributed by atoms with E-state index in [1.165, 1.54) is 0 Å². The fourth-order valence-electron chi connectivity index (χ4n) is 1.93. The van der Waals surface area contributed by atoms with Crippen molar-refractivity contribution >= 4 is 22.5 Å². The predicted octanol–water partition coefficient (Wildman–Crippen LogP) is 2.82. The van der Waals surface area contributed by atoms with Crippen LogP contribution in [-0.2, 0) is 6.54 Å². The van der Waals surface area contributed by atoms with Gasteiger partial charge in [-0.05, 0) is 13.8 Å². The van der Waals surface area contributed by atoms with E-state index in [9.17, 15) is 13.6 Å². The number of halogens is 2. The molecule has 0 aliphatic heterocycles. The topological polar surface area (TPSA) is 89.0 Å². The Kier molecular flexibility index (Phi) is 5.37. The summed E-state index contributed by atoms with van der Waals surface area (Å²) in [5.41, 5.74) is 2.36. The number of carbonyl (C=O) groups excluding carboxylic acids is 1. The van der Waals surface area contributed by atoms with Crippen molar-refractivity contribution in [3.8, 4) is 5.75 Å². The second kappa shape index (κ2) is 7.27. The van der Waals surface area contributed by atoms with Crippen LogP contribution in [0.15, 0.2) is 6.20 Å². The van der Waals surface area contributed by atoms with E-state index in [1.54, 1.807) is 13.3 Å². The van der Waals surface area contributed by atoms with Crippen LogP contribution in [0.2, 0.25) is 0 Å². The highest BCUT2D eigenvalue weighted by Crippen LogP contribution is 2.25. The predicted molar refractivity (Wildman–Crippen MR) is 81.0 cm³/mol. The van der Waals surface area contributed by atoms with Crippen LogP contribution in [0.3, 0.4) is 0 Å². The highest BCUT2D eigenvalue weighted by molar-refractivity contribution is 7.15. The molecule has 0 bridgehead atoms. The molecule has 0 aromatic carbocycles. The number of pyridine rings is 1. The molecule has 0 aliphatic carbocycles. The summed E-state index contributed by atoms with van der Waals surface area (Å²) in [4.78, 5) is 16.0. The number of urea groups is 1. The summed E-state index contributed by atoms with van der Waals surface area (Å²) in [6.07, 6.45) is -1.06. The van der Waals surface area contributed by atoms with Gasteiger partial charge in [-0.2, -0.15) is 0 Å². The lowest BCUT2D eigenvalue weighted by Crippen LogP contribution is -2.28. The van der Waals surface area contributed by atoms with Gasteiger partial charge in [-0.25, -0.2) is 13.6 Å². The van der Waals surface area contributed by atoms with E-state index < -0.39 is 17.5 Å². The zero-order valence-corrected chi connectivity index (χ0v) is 13.5. The number of anilines is 1. The molecular weight excluding hydrogens is 328 g/mol. The first-order chi connectivity index (χ1) is 10.9. The van der Waals surface area contributed by atoms with E-state index in [1.807, 2.05) is 13.8 Å². The summed E-state index contributed by atoms with van der Waals surface area (Å²) < 4.78 is 30.1. The Bertz CT molecular complexity index is 708. The Morgan fingerprint density at radius 3 is 2.74 bits per heavy atom. The number of amides is 2. The molecular formula is C13H15F2N5O2S. The van der Waals surface area contributed by atoms with Crippen LogP contribution in [0, 0.1) is 13.8 Å². The van der Waals surface area contributed by atoms with Gasteiger partial charge in [0.25, 0.3) is 6.43 Å². The average Bonchev–Trinajstić information content (AvgIpc) is 2.95. The van der Waals surface area contributed by atoms with Crippen molar-refractivity contribution in [3.05, 3.63) is 28.0 Å². The number of aryl methyl sites for hydroxylation is 1. The summed E-state index contributed by atoms with van der Waals surface area (Å²) in [6.45, 7) is 3.88. The van der Waals surface area contributed by atoms with Crippen LogP contribution in [0.25, 0.3) is 0 Å². The minimum Gasteiger partial charge on any atom is -0.496 e. The Morgan fingerprint density at radius 1 is 1.39 bits per heavy atom. The lowest BCUT2D eigenvalue weighted by Gasteiger charge is -2.12. The Hall–Kier alpha value is -2.36. The minimum absolute atomic E-state index is 0.00367. The third kappa shape index (κ3) is 4.09. The third-order valence-electron chi connectivity index (χ3n) is 3.01. The molecule has 0 radical (unpaired) electrons. The molecule has 0 aliphatic rings. The Morgan fingerprint density at radius 2 is 2.13 bits per heavy atom. The largest absolute Gasteiger partial charge is 0.496 e. The molecule has 0 unspecified atom stereocenters. The van der Waals surface area contributed by atoms with Crippen molar-refractivity contribution in [1.82, 2.24) is 20.5 Å². The van der Waals surface area contributed by atoms with Crippen molar-refractivity contribution in [1.29, 1.82) is 0 Å². The van der Waals surface area contributed by atoms with Gasteiger partial charge in [0.1, 0.15) is 5.75 Å². The van der Waals surface area contributed by atoms with E-state index in [-0.39, 0.29) is 11.7 Å². The molecule has 10 heteroatoms. The Labute approximate surface area is 135 Å². The Balaban J connectivity index is 1.96. The van der Waals surface area contributed by atoms with E-state index in [4.69, 9.17) is 4.74 Å². The number of rotatable bonds is 5. The fraction of sp³-hybridized carbons (Fsp3) is 0.385. The van der Waals surface area contributed by atoms with Crippen molar-refractivity contribution in [2.75, 3.05) is 12.4 Å². The number of hydrogen-bond acceptors (Lipinski definition) is 6. The molecule has 0 saturated heterocycles. The number of hydrogen-bond donors (Lipinski definition) is 2. The van der Waals surface area contributed by atoms with E-state index in [0.29, 0.717) is 22.8 Å². The van der Waals surface area contributed by atoms with Gasteiger partial charge in [-0.15, -0.1) is 10.2 Å². The van der Waals surface area contributed by atoms with Crippen LogP contribution in [0.1, 0.15) is 28.3 Å². The minimum atomic E-state index is -2.71. The maximum Gasteiger partial charge on any atom is 0.321 e. The van der Waals surface area contributed by atoms with Crippen LogP contribution in [0.5, 0.6) is 5.75 Å². The summed E-state index contributed by atoms with van der Waals surface area (Å²) in [7, 11) is 1.56. The van der Waals surface area contributed by atoms with E-state index in [2.05, 4.69) is 25.8 Å². The third-order valence-corrected chi connectivity index (χ3v) is 3.86. The smallest absolute Gasteiger partial charge is 0.321 e. The quantitative estimate of drug-likeness (QED) is 0.871. The number of methoxy groups -OCH3 is 1. The van der Waals surface area contributed by atoms with Gasteiger partial charge >= 0.3 is 6.03 Å². The van der Waals surface area contributed by atoms with Crippen LogP contribution in [0.4, 0.5) is 18.7 Å². The molecule has 7 nitrogen and oxygen atoms in total. The average molecular weight is 343 g/mol. The second-order valence-electron chi connectivity index (χ2n) is 4.60. The lowest BCUT2D eigenvalue weighted by molar-refractivity contribution is 0.150. The van der Waals surface area contributed by atoms with Gasteiger partial charge in [0.05, 0.1) is 19.3 Å². The van der Waals surface area contributed by atoms with Crippen molar-refractivity contribution in [3.63, 3.8) is 0 Å². The summed E-state index contributed by atoms with van der Waals surface area (Å²) >= 11 is 0.622. The molecule has 0 spiro atoms. The molecule has 0 fully saturated rings. The van der Waals surface area contributed by atoms with Gasteiger partial charge in [0.2, 0.25) is 5.13 Å². The molecule has 124 valence electrons. The first-order valence-electron chi connectivity index (χ1n) is 6.57. The van der Waals surface area contributed by atoms with Crippen LogP contribution in [-0.4, -0.2) is 28.3 Å². The maximum atomic E-state index is 12.4. The first kappa shape index (κ1) is 17.0. The molecule has 0 saturated carbocycles. The summed E-state index contributed by atoms with van der Waals surface area (Å²) in [5, 5.41) is 11.2. The summed E-state index contributed by atoms with van der Waals surface area (Å²) in [6, 6.07) is -0.581. The molecule has 2 N–H and O–H groups in total. The number of carbonyl (C=O) groups is 1. The molecule has 23 heavy (non-hydrogen) atoms. The normalized spacial score (nSPS) is 10.7. The lowest BCUT2D eigenvalue weighted by atomic mass is 10.1. The molecule has 2 heterocycles. The molecule has 2 rings (SSSR count). The molecule has 2 aromatic heterocycles. The number of nitrogens with one attached hydrogen (secondary N) is 2. The van der Waals surface area contributed by atoms with Gasteiger partial charge in [0.15, 0.2) is 5.01 Å². The number of ether oxygens (including phenoxy) is 1. The number of nitrogens with zero attached hydrogens (tertiary/aromatic N) is 3. The van der Waals surface area contributed by atoms with E-state index >= 15 is 0 Å². The van der Waals surface area contributed by atoms with Crippen molar-refractivity contribution in [2.24, 2.45) is 0 Å². The van der Waals surface area contributed by atoms with Crippen molar-refractivity contribution in [2.45, 2.75) is 26.8 Å². The van der Waals surface area contributed by atoms with Gasteiger partial charge in [-0.3, -0.25) is 10.3 Å². The van der Waals surface area contributed by atoms with Crippen LogP contribution < -0.4 is 15.4 Å². The zero-order chi connectivity index (χ0) is 17.0. The van der Waals surface area contributed by atoms with Crippen molar-refractivity contribution < 1.29 is 18.3 Å². The number of aromatic nitrogens is 3. The standard InChI is InChI=1S/C13H15F2N5O2S/c1-6-4-16-8(7(2)9(6)22-3)5-17-12(21)18-13-20-19-11(23-13)10(14)15/h4,10H,5H2,1-3H3,(H2,17,18,20,21). The molecule has 2 amide bonds. The fourth-order valence-corrected chi connectivity index (χ4v) is 2.52.